The minimum absolute atomic E-state index is 0.0152. The molecule has 3 heterocycles. The molecule has 15 heteroatoms. The number of rotatable bonds is 11. The summed E-state index contributed by atoms with van der Waals surface area (Å²) in [6, 6.07) is 8.21. The third kappa shape index (κ3) is 6.05. The minimum Gasteiger partial charge on any atom is -0.413 e. The van der Waals surface area contributed by atoms with Crippen LogP contribution >= 0.6 is 7.75 Å². The Bertz CT molecular complexity index is 1180. The summed E-state index contributed by atoms with van der Waals surface area (Å²) in [5, 5.41) is 2.86. The SMILES string of the molecule is COOC(C)[C@H](C)NP(=O)(OC[C@@H]1OC[C@H](n2cnc3c(N)nc(N)nc32)O1)Oc1ccccc1. The van der Waals surface area contributed by atoms with Crippen LogP contribution in [0.2, 0.25) is 0 Å². The summed E-state index contributed by atoms with van der Waals surface area (Å²) in [5.41, 5.74) is 12.4. The van der Waals surface area contributed by atoms with E-state index in [1.165, 1.54) is 13.4 Å². The molecule has 35 heavy (non-hydrogen) atoms. The molecule has 1 aliphatic heterocycles. The third-order valence-corrected chi connectivity index (χ3v) is 6.84. The average Bonchev–Trinajstić information content (AvgIpc) is 3.45. The molecule has 0 spiro atoms. The highest BCUT2D eigenvalue weighted by molar-refractivity contribution is 7.52. The van der Waals surface area contributed by atoms with Gasteiger partial charge in [0.05, 0.1) is 20.0 Å². The van der Waals surface area contributed by atoms with Crippen LogP contribution in [0.5, 0.6) is 5.75 Å². The predicted molar refractivity (Wildman–Crippen MR) is 125 cm³/mol. The zero-order chi connectivity index (χ0) is 25.0. The zero-order valence-corrected chi connectivity index (χ0v) is 20.3. The van der Waals surface area contributed by atoms with Crippen LogP contribution in [0.4, 0.5) is 11.8 Å². The van der Waals surface area contributed by atoms with Crippen molar-refractivity contribution in [3.05, 3.63) is 36.7 Å². The van der Waals surface area contributed by atoms with E-state index < -0.39 is 32.4 Å². The summed E-state index contributed by atoms with van der Waals surface area (Å²) in [4.78, 5) is 22.1. The van der Waals surface area contributed by atoms with Gasteiger partial charge in [0.2, 0.25) is 5.95 Å². The largest absolute Gasteiger partial charge is 0.459 e. The molecule has 5 atom stereocenters. The molecule has 5 N–H and O–H groups in total. The van der Waals surface area contributed by atoms with Crippen molar-refractivity contribution in [2.45, 2.75) is 38.5 Å². The average molecular weight is 509 g/mol. The highest BCUT2D eigenvalue weighted by Gasteiger charge is 2.36. The van der Waals surface area contributed by atoms with Crippen LogP contribution < -0.4 is 21.1 Å². The van der Waals surface area contributed by atoms with Crippen molar-refractivity contribution in [1.29, 1.82) is 0 Å². The van der Waals surface area contributed by atoms with E-state index in [0.717, 1.165) is 0 Å². The van der Waals surface area contributed by atoms with Crippen molar-refractivity contribution >= 4 is 30.7 Å². The van der Waals surface area contributed by atoms with E-state index >= 15 is 0 Å². The minimum atomic E-state index is -3.88. The quantitative estimate of drug-likeness (QED) is 0.194. The molecule has 190 valence electrons. The number of anilines is 2. The first-order valence-electron chi connectivity index (χ1n) is 10.8. The maximum Gasteiger partial charge on any atom is 0.459 e. The van der Waals surface area contributed by atoms with Gasteiger partial charge >= 0.3 is 7.75 Å². The Labute approximate surface area is 201 Å². The Morgan fingerprint density at radius 2 is 2.03 bits per heavy atom. The Kier molecular flexibility index (Phi) is 7.82. The second kappa shape index (κ2) is 10.8. The standard InChI is InChI=1S/C20H28N7O7P/c1-12(13(2)33-29-3)26-35(28,34-14-7-5-4-6-8-14)31-10-16-30-9-15(32-16)27-11-23-17-18(21)24-20(22)25-19(17)27/h4-8,11-13,15-16H,9-10H2,1-3H3,(H,26,28)(H4,21,22,24,25)/t12-,13?,15+,16+,35?/m0/s1. The van der Waals surface area contributed by atoms with Gasteiger partial charge < -0.3 is 25.5 Å². The summed E-state index contributed by atoms with van der Waals surface area (Å²) >= 11 is 0. The fourth-order valence-corrected chi connectivity index (χ4v) is 4.91. The van der Waals surface area contributed by atoms with Crippen molar-refractivity contribution in [3.63, 3.8) is 0 Å². The van der Waals surface area contributed by atoms with E-state index in [9.17, 15) is 4.57 Å². The van der Waals surface area contributed by atoms with Crippen molar-refractivity contribution in [1.82, 2.24) is 24.6 Å². The molecular weight excluding hydrogens is 481 g/mol. The molecule has 0 bridgehead atoms. The van der Waals surface area contributed by atoms with Gasteiger partial charge in [-0.3, -0.25) is 9.09 Å². The summed E-state index contributed by atoms with van der Waals surface area (Å²) in [7, 11) is -2.49. The van der Waals surface area contributed by atoms with E-state index in [0.29, 0.717) is 16.9 Å². The molecule has 0 radical (unpaired) electrons. The summed E-state index contributed by atoms with van der Waals surface area (Å²) < 4.78 is 38.2. The number of hydrogen-bond acceptors (Lipinski definition) is 12. The van der Waals surface area contributed by atoms with Crippen molar-refractivity contribution < 1.29 is 32.9 Å². The maximum absolute atomic E-state index is 13.6. The molecule has 0 saturated carbocycles. The van der Waals surface area contributed by atoms with Gasteiger partial charge in [0.15, 0.2) is 24.0 Å². The number of nitrogens with one attached hydrogen (secondary N) is 1. The fourth-order valence-electron chi connectivity index (χ4n) is 3.30. The van der Waals surface area contributed by atoms with Crippen LogP contribution in [0.3, 0.4) is 0 Å². The number of ether oxygens (including phenoxy) is 2. The highest BCUT2D eigenvalue weighted by Crippen LogP contribution is 2.45. The van der Waals surface area contributed by atoms with Crippen LogP contribution in [0.1, 0.15) is 20.1 Å². The molecule has 1 saturated heterocycles. The topological polar surface area (TPSA) is 180 Å². The summed E-state index contributed by atoms with van der Waals surface area (Å²) in [5.74, 6) is 0.541. The first-order valence-corrected chi connectivity index (χ1v) is 12.3. The second-order valence-corrected chi connectivity index (χ2v) is 9.42. The molecule has 2 aromatic heterocycles. The lowest BCUT2D eigenvalue weighted by Crippen LogP contribution is -2.37. The molecule has 14 nitrogen and oxygen atoms in total. The molecular formula is C20H28N7O7P. The number of imidazole rings is 1. The molecule has 0 aliphatic carbocycles. The fraction of sp³-hybridized carbons (Fsp3) is 0.450. The predicted octanol–water partition coefficient (Wildman–Crippen LogP) is 2.01. The normalized spacial score (nSPS) is 21.6. The van der Waals surface area contributed by atoms with Gasteiger partial charge in [-0.1, -0.05) is 18.2 Å². The van der Waals surface area contributed by atoms with Gasteiger partial charge in [0.25, 0.3) is 0 Å². The molecule has 4 rings (SSSR count). The first kappa shape index (κ1) is 25.3. The van der Waals surface area contributed by atoms with Crippen LogP contribution in [0.15, 0.2) is 36.7 Å². The number of nitrogens with zero attached hydrogens (tertiary/aromatic N) is 4. The Morgan fingerprint density at radius 3 is 2.77 bits per heavy atom. The van der Waals surface area contributed by atoms with Crippen LogP contribution in [0.25, 0.3) is 11.2 Å². The molecule has 2 unspecified atom stereocenters. The van der Waals surface area contributed by atoms with Crippen LogP contribution in [0, 0.1) is 0 Å². The highest BCUT2D eigenvalue weighted by atomic mass is 31.2. The lowest BCUT2D eigenvalue weighted by molar-refractivity contribution is -0.304. The van der Waals surface area contributed by atoms with Crippen molar-refractivity contribution in [2.75, 3.05) is 31.8 Å². The second-order valence-electron chi connectivity index (χ2n) is 7.73. The number of nitrogen functional groups attached to an aromatic ring is 2. The zero-order valence-electron chi connectivity index (χ0n) is 19.4. The molecule has 0 amide bonds. The van der Waals surface area contributed by atoms with Gasteiger partial charge in [-0.05, 0) is 26.0 Å². The summed E-state index contributed by atoms with van der Waals surface area (Å²) in [6.07, 6.45) is -0.364. The van der Waals surface area contributed by atoms with Crippen LogP contribution in [-0.2, 0) is 28.3 Å². The number of para-hydroxylation sites is 1. The van der Waals surface area contributed by atoms with E-state index in [4.69, 9.17) is 39.8 Å². The van der Waals surface area contributed by atoms with E-state index in [1.54, 1.807) is 42.7 Å². The van der Waals surface area contributed by atoms with Crippen molar-refractivity contribution in [2.24, 2.45) is 0 Å². The van der Waals surface area contributed by atoms with E-state index in [-0.39, 0.29) is 25.0 Å². The van der Waals surface area contributed by atoms with E-state index in [1.807, 2.05) is 6.07 Å². The third-order valence-electron chi connectivity index (χ3n) is 5.17. The summed E-state index contributed by atoms with van der Waals surface area (Å²) in [6.45, 7) is 3.48. The number of benzene rings is 1. The Hall–Kier alpha value is -2.84. The first-order chi connectivity index (χ1) is 16.8. The number of hydrogen-bond donors (Lipinski definition) is 3. The van der Waals surface area contributed by atoms with Crippen LogP contribution in [-0.4, -0.2) is 58.3 Å². The lowest BCUT2D eigenvalue weighted by atomic mass is 10.2. The molecule has 1 aromatic carbocycles. The van der Waals surface area contributed by atoms with Gasteiger partial charge in [-0.25, -0.2) is 24.4 Å². The Morgan fingerprint density at radius 1 is 1.26 bits per heavy atom. The molecule has 1 aliphatic rings. The smallest absolute Gasteiger partial charge is 0.413 e. The molecule has 1 fully saturated rings. The number of nitrogens with two attached hydrogens (primary N) is 2. The Balaban J connectivity index is 1.44. The number of aromatic nitrogens is 4. The van der Waals surface area contributed by atoms with Gasteiger partial charge in [0, 0.05) is 6.04 Å². The van der Waals surface area contributed by atoms with E-state index in [2.05, 4.69) is 20.0 Å². The number of fused-ring (bicyclic) bond motifs is 1. The monoisotopic (exact) mass is 509 g/mol. The van der Waals surface area contributed by atoms with Gasteiger partial charge in [0.1, 0.15) is 24.0 Å². The maximum atomic E-state index is 13.6. The molecule has 3 aromatic rings. The van der Waals surface area contributed by atoms with Crippen molar-refractivity contribution in [3.8, 4) is 5.75 Å². The lowest BCUT2D eigenvalue weighted by Gasteiger charge is -2.26. The van der Waals surface area contributed by atoms with Gasteiger partial charge in [-0.15, -0.1) is 0 Å². The van der Waals surface area contributed by atoms with Gasteiger partial charge in [-0.2, -0.15) is 9.97 Å².